The molecule has 0 saturated carbocycles. The van der Waals surface area contributed by atoms with E-state index in [1.165, 1.54) is 6.07 Å². The van der Waals surface area contributed by atoms with E-state index in [2.05, 4.69) is 11.8 Å². The van der Waals surface area contributed by atoms with Gasteiger partial charge in [-0.2, -0.15) is 13.2 Å². The summed E-state index contributed by atoms with van der Waals surface area (Å²) in [6.07, 6.45) is 0.629. The van der Waals surface area contributed by atoms with Crippen molar-refractivity contribution in [3.8, 4) is 11.8 Å². The maximum Gasteiger partial charge on any atom is 0.446 e. The van der Waals surface area contributed by atoms with Crippen LogP contribution in [0.1, 0.15) is 24.5 Å². The molecule has 0 N–H and O–H groups in total. The predicted octanol–water partition coefficient (Wildman–Crippen LogP) is 4.37. The zero-order valence-electron chi connectivity index (χ0n) is 8.98. The molecule has 0 nitrogen and oxygen atoms in total. The van der Waals surface area contributed by atoms with Crippen LogP contribution in [0.2, 0.25) is 0 Å². The van der Waals surface area contributed by atoms with Crippen LogP contribution in [0.5, 0.6) is 0 Å². The third-order valence-corrected chi connectivity index (χ3v) is 2.64. The molecule has 0 aliphatic heterocycles. The summed E-state index contributed by atoms with van der Waals surface area (Å²) in [5.74, 6) is 5.58. The van der Waals surface area contributed by atoms with Gasteiger partial charge in [-0.1, -0.05) is 30.9 Å². The SMILES string of the molecule is CCC#Cc1c(C)cccc1SC(F)(F)F. The molecule has 1 rings (SSSR count). The van der Waals surface area contributed by atoms with Crippen molar-refractivity contribution in [2.45, 2.75) is 30.7 Å². The van der Waals surface area contributed by atoms with Gasteiger partial charge in [-0.3, -0.25) is 0 Å². The van der Waals surface area contributed by atoms with Crippen LogP contribution in [-0.2, 0) is 0 Å². The highest BCUT2D eigenvalue weighted by atomic mass is 32.2. The number of aryl methyl sites for hydroxylation is 1. The molecule has 0 unspecified atom stereocenters. The molecule has 0 fully saturated rings. The zero-order valence-corrected chi connectivity index (χ0v) is 9.80. The maximum atomic E-state index is 12.3. The van der Waals surface area contributed by atoms with E-state index < -0.39 is 5.51 Å². The first kappa shape index (κ1) is 13.0. The lowest BCUT2D eigenvalue weighted by Gasteiger charge is -2.09. The molecule has 0 aliphatic rings. The van der Waals surface area contributed by atoms with Crippen molar-refractivity contribution in [1.82, 2.24) is 0 Å². The van der Waals surface area contributed by atoms with E-state index in [0.29, 0.717) is 12.0 Å². The fourth-order valence-corrected chi connectivity index (χ4v) is 1.90. The lowest BCUT2D eigenvalue weighted by atomic mass is 10.1. The molecule has 1 aromatic carbocycles. The number of hydrogen-bond acceptors (Lipinski definition) is 1. The first-order valence-electron chi connectivity index (χ1n) is 4.78. The van der Waals surface area contributed by atoms with Crippen molar-refractivity contribution in [2.75, 3.05) is 0 Å². The van der Waals surface area contributed by atoms with Crippen LogP contribution in [0, 0.1) is 18.8 Å². The molecule has 0 bridgehead atoms. The molecule has 16 heavy (non-hydrogen) atoms. The van der Waals surface area contributed by atoms with Gasteiger partial charge in [-0.05, 0) is 30.3 Å². The first-order chi connectivity index (χ1) is 7.44. The summed E-state index contributed by atoms with van der Waals surface area (Å²) in [5.41, 5.74) is -3.02. The van der Waals surface area contributed by atoms with Crippen LogP contribution >= 0.6 is 11.8 Å². The van der Waals surface area contributed by atoms with Gasteiger partial charge < -0.3 is 0 Å². The van der Waals surface area contributed by atoms with Crippen LogP contribution in [0.25, 0.3) is 0 Å². The Hall–Kier alpha value is -1.08. The molecule has 0 aromatic heterocycles. The molecule has 0 radical (unpaired) electrons. The molecule has 0 heterocycles. The maximum absolute atomic E-state index is 12.3. The Morgan fingerprint density at radius 1 is 1.31 bits per heavy atom. The van der Waals surface area contributed by atoms with Crippen molar-refractivity contribution in [3.05, 3.63) is 29.3 Å². The summed E-state index contributed by atoms with van der Waals surface area (Å²) >= 11 is -0.111. The second-order valence-electron chi connectivity index (χ2n) is 3.15. The summed E-state index contributed by atoms with van der Waals surface area (Å²) in [6, 6.07) is 4.82. The summed E-state index contributed by atoms with van der Waals surface area (Å²) in [5, 5.41) is 0. The average molecular weight is 244 g/mol. The highest BCUT2D eigenvalue weighted by Gasteiger charge is 2.30. The fourth-order valence-electron chi connectivity index (χ4n) is 1.19. The summed E-state index contributed by atoms with van der Waals surface area (Å²) in [6.45, 7) is 3.63. The van der Waals surface area contributed by atoms with E-state index in [9.17, 15) is 13.2 Å². The van der Waals surface area contributed by atoms with Crippen molar-refractivity contribution >= 4 is 11.8 Å². The highest BCUT2D eigenvalue weighted by molar-refractivity contribution is 8.00. The molecule has 0 atom stereocenters. The van der Waals surface area contributed by atoms with Gasteiger partial charge in [0.15, 0.2) is 0 Å². The average Bonchev–Trinajstić information content (AvgIpc) is 2.14. The normalized spacial score (nSPS) is 10.8. The lowest BCUT2D eigenvalue weighted by molar-refractivity contribution is -0.0328. The Morgan fingerprint density at radius 3 is 2.56 bits per heavy atom. The number of halogens is 3. The van der Waals surface area contributed by atoms with Crippen LogP contribution in [0.4, 0.5) is 13.2 Å². The Balaban J connectivity index is 3.13. The Labute approximate surface area is 97.2 Å². The molecular weight excluding hydrogens is 233 g/mol. The minimum absolute atomic E-state index is 0.111. The van der Waals surface area contributed by atoms with E-state index in [1.54, 1.807) is 19.1 Å². The molecule has 4 heteroatoms. The fraction of sp³-hybridized carbons (Fsp3) is 0.333. The third-order valence-electron chi connectivity index (χ3n) is 1.85. The molecular formula is C12H11F3S. The quantitative estimate of drug-likeness (QED) is 0.522. The molecule has 1 aromatic rings. The van der Waals surface area contributed by atoms with Crippen LogP contribution < -0.4 is 0 Å². The molecule has 0 amide bonds. The summed E-state index contributed by atoms with van der Waals surface area (Å²) in [7, 11) is 0. The number of alkyl halides is 3. The van der Waals surface area contributed by atoms with Crippen molar-refractivity contribution in [2.24, 2.45) is 0 Å². The second kappa shape index (κ2) is 5.31. The highest BCUT2D eigenvalue weighted by Crippen LogP contribution is 2.38. The Bertz CT molecular complexity index is 424. The monoisotopic (exact) mass is 244 g/mol. The van der Waals surface area contributed by atoms with Crippen LogP contribution in [0.15, 0.2) is 23.1 Å². The third kappa shape index (κ3) is 3.82. The number of hydrogen-bond donors (Lipinski definition) is 0. The molecule has 86 valence electrons. The van der Waals surface area contributed by atoms with Gasteiger partial charge in [0.2, 0.25) is 0 Å². The second-order valence-corrected chi connectivity index (χ2v) is 4.26. The molecule has 0 aliphatic carbocycles. The van der Waals surface area contributed by atoms with Gasteiger partial charge in [0, 0.05) is 16.9 Å². The smallest absolute Gasteiger partial charge is 0.160 e. The van der Waals surface area contributed by atoms with E-state index >= 15 is 0 Å². The predicted molar refractivity (Wildman–Crippen MR) is 60.3 cm³/mol. The minimum Gasteiger partial charge on any atom is -0.160 e. The largest absolute Gasteiger partial charge is 0.446 e. The van der Waals surface area contributed by atoms with Gasteiger partial charge in [0.25, 0.3) is 0 Å². The van der Waals surface area contributed by atoms with E-state index in [1.807, 2.05) is 6.92 Å². The van der Waals surface area contributed by atoms with Crippen LogP contribution in [-0.4, -0.2) is 5.51 Å². The Kier molecular flexibility index (Phi) is 4.31. The van der Waals surface area contributed by atoms with Gasteiger partial charge in [0.1, 0.15) is 0 Å². The summed E-state index contributed by atoms with van der Waals surface area (Å²) < 4.78 is 36.9. The van der Waals surface area contributed by atoms with Crippen molar-refractivity contribution < 1.29 is 13.2 Å². The van der Waals surface area contributed by atoms with Crippen molar-refractivity contribution in [1.29, 1.82) is 0 Å². The van der Waals surface area contributed by atoms with Gasteiger partial charge in [-0.25, -0.2) is 0 Å². The molecule has 0 spiro atoms. The van der Waals surface area contributed by atoms with E-state index in [4.69, 9.17) is 0 Å². The first-order valence-corrected chi connectivity index (χ1v) is 5.60. The molecule has 0 saturated heterocycles. The van der Waals surface area contributed by atoms with E-state index in [-0.39, 0.29) is 16.7 Å². The topological polar surface area (TPSA) is 0 Å². The van der Waals surface area contributed by atoms with Gasteiger partial charge in [0.05, 0.1) is 0 Å². The summed E-state index contributed by atoms with van der Waals surface area (Å²) in [4.78, 5) is 0.174. The Morgan fingerprint density at radius 2 is 2.00 bits per heavy atom. The minimum atomic E-state index is -4.27. The van der Waals surface area contributed by atoms with E-state index in [0.717, 1.165) is 5.56 Å². The van der Waals surface area contributed by atoms with Gasteiger partial charge in [-0.15, -0.1) is 0 Å². The van der Waals surface area contributed by atoms with Crippen molar-refractivity contribution in [3.63, 3.8) is 0 Å². The number of rotatable bonds is 1. The van der Waals surface area contributed by atoms with Crippen LogP contribution in [0.3, 0.4) is 0 Å². The lowest BCUT2D eigenvalue weighted by Crippen LogP contribution is -2.00. The zero-order chi connectivity index (χ0) is 12.2. The van der Waals surface area contributed by atoms with Gasteiger partial charge >= 0.3 is 5.51 Å². The number of benzene rings is 1. The number of thioether (sulfide) groups is 1. The standard InChI is InChI=1S/C12H11F3S/c1-3-4-7-10-9(2)6-5-8-11(10)16-12(13,14)15/h5-6,8H,3H2,1-2H3.